The van der Waals surface area contributed by atoms with Crippen molar-refractivity contribution in [3.05, 3.63) is 112 Å². The molecule has 6 aromatic rings. The van der Waals surface area contributed by atoms with Crippen LogP contribution in [0.5, 0.6) is 97.7 Å². The van der Waals surface area contributed by atoms with Gasteiger partial charge in [0.05, 0.1) is 11.1 Å². The number of phenolic OH excluding ortho intramolecular Hbond substituents is 15. The number of rotatable bonds is 6. The zero-order valence-electron chi connectivity index (χ0n) is 34.8. The lowest BCUT2D eigenvalue weighted by Gasteiger charge is -2.29. The number of fused-ring (bicyclic) bond motifs is 2. The molecule has 0 unspecified atom stereocenters. The number of carbonyl (C=O) groups excluding carboxylic acids is 2. The molecule has 21 nitrogen and oxygen atoms in total. The zero-order valence-corrected chi connectivity index (χ0v) is 34.8. The molecule has 8 rings (SSSR count). The minimum absolute atomic E-state index is 0.0221. The van der Waals surface area contributed by atoms with Gasteiger partial charge in [0.25, 0.3) is 0 Å². The number of carbonyl (C=O) groups is 2. The summed E-state index contributed by atoms with van der Waals surface area (Å²) < 4.78 is 22.4. The predicted octanol–water partition coefficient (Wildman–Crippen LogP) is 4.86. The Morgan fingerprint density at radius 2 is 0.896 bits per heavy atom. The van der Waals surface area contributed by atoms with Crippen molar-refractivity contribution in [2.24, 2.45) is 0 Å². The summed E-state index contributed by atoms with van der Waals surface area (Å²) >= 11 is 0. The van der Waals surface area contributed by atoms with Crippen molar-refractivity contribution in [1.29, 1.82) is 0 Å². The van der Waals surface area contributed by atoms with Crippen LogP contribution in [0.15, 0.2) is 72.8 Å². The van der Waals surface area contributed by atoms with Gasteiger partial charge in [-0.2, -0.15) is 0 Å². The van der Waals surface area contributed by atoms with Crippen LogP contribution in [-0.2, 0) is 28.7 Å². The van der Waals surface area contributed by atoms with Gasteiger partial charge >= 0.3 is 11.9 Å². The van der Waals surface area contributed by atoms with Gasteiger partial charge in [-0.15, -0.1) is 0 Å². The number of ether oxygens (including phenoxy) is 4. The molecular formula is C46H42O21. The first-order valence-electron chi connectivity index (χ1n) is 19.6. The molecule has 0 aromatic heterocycles. The molecule has 2 aliphatic heterocycles. The van der Waals surface area contributed by atoms with Crippen LogP contribution in [-0.4, -0.2) is 114 Å². The van der Waals surface area contributed by atoms with Crippen LogP contribution in [0, 0.1) is 6.92 Å². The van der Waals surface area contributed by atoms with E-state index in [4.69, 9.17) is 49.6 Å². The molecule has 2 atom stereocenters. The van der Waals surface area contributed by atoms with Gasteiger partial charge in [-0.1, -0.05) is 12.1 Å². The molecule has 0 saturated carbocycles. The largest absolute Gasteiger partial charge is 0.508 e. The third-order valence-corrected chi connectivity index (χ3v) is 10.4. The van der Waals surface area contributed by atoms with Crippen molar-refractivity contribution in [2.75, 3.05) is 13.2 Å². The Kier molecular flexibility index (Phi) is 13.6. The lowest BCUT2D eigenvalue weighted by molar-refractivity contribution is 0.0121. The van der Waals surface area contributed by atoms with Gasteiger partial charge in [-0.25, -0.2) is 9.59 Å². The van der Waals surface area contributed by atoms with E-state index in [9.17, 15) is 55.5 Å². The number of phenols is 15. The normalized spacial score (nSPS) is 14.5. The first-order valence-corrected chi connectivity index (χ1v) is 19.6. The van der Waals surface area contributed by atoms with Crippen molar-refractivity contribution in [1.82, 2.24) is 0 Å². The van der Waals surface area contributed by atoms with Crippen molar-refractivity contribution in [3.63, 3.8) is 0 Å². The quantitative estimate of drug-likeness (QED) is 0.0782. The van der Waals surface area contributed by atoms with Crippen LogP contribution in [0.4, 0.5) is 0 Å². The van der Waals surface area contributed by atoms with E-state index in [1.54, 1.807) is 0 Å². The summed E-state index contributed by atoms with van der Waals surface area (Å²) in [6.07, 6.45) is -2.29. The van der Waals surface area contributed by atoms with E-state index in [0.717, 1.165) is 30.3 Å². The second-order valence-electron chi connectivity index (χ2n) is 15.0. The molecular weight excluding hydrogens is 888 g/mol. The van der Waals surface area contributed by atoms with E-state index < -0.39 is 64.4 Å². The summed E-state index contributed by atoms with van der Waals surface area (Å²) in [7, 11) is 0. The lowest BCUT2D eigenvalue weighted by atomic mass is 9.92. The summed E-state index contributed by atoms with van der Waals surface area (Å²) in [6.45, 7) is 1.10. The van der Waals surface area contributed by atoms with Gasteiger partial charge in [0.15, 0.2) is 51.7 Å². The van der Waals surface area contributed by atoms with Crippen LogP contribution >= 0.6 is 0 Å². The zero-order chi connectivity index (χ0) is 49.0. The fourth-order valence-electron chi connectivity index (χ4n) is 6.74. The van der Waals surface area contributed by atoms with Crippen LogP contribution in [0.1, 0.15) is 48.5 Å². The second-order valence-corrected chi connectivity index (χ2v) is 15.0. The maximum atomic E-state index is 12.8. The fourth-order valence-corrected chi connectivity index (χ4v) is 6.74. The van der Waals surface area contributed by atoms with Gasteiger partial charge in [0.2, 0.25) is 0 Å². The monoisotopic (exact) mass is 930 g/mol. The van der Waals surface area contributed by atoms with E-state index >= 15 is 0 Å². The maximum Gasteiger partial charge on any atom is 0.338 e. The minimum atomic E-state index is -0.966. The number of hydrogen-bond donors (Lipinski definition) is 15. The molecule has 0 aliphatic carbocycles. The summed E-state index contributed by atoms with van der Waals surface area (Å²) in [5.74, 6) is -8.36. The van der Waals surface area contributed by atoms with E-state index in [-0.39, 0.29) is 129 Å². The third-order valence-electron chi connectivity index (χ3n) is 10.4. The maximum absolute atomic E-state index is 12.8. The number of para-hydroxylation sites is 2. The highest BCUT2D eigenvalue weighted by atomic mass is 16.6. The molecule has 0 bridgehead atoms. The predicted molar refractivity (Wildman–Crippen MR) is 228 cm³/mol. The lowest BCUT2D eigenvalue weighted by Crippen LogP contribution is -2.31. The topological polar surface area (TPSA) is 375 Å². The van der Waals surface area contributed by atoms with Crippen LogP contribution < -0.4 is 9.47 Å². The van der Waals surface area contributed by atoms with Gasteiger partial charge in [0, 0.05) is 59.2 Å². The van der Waals surface area contributed by atoms with E-state index in [2.05, 4.69) is 0 Å². The highest BCUT2D eigenvalue weighted by Crippen LogP contribution is 2.47. The molecule has 0 spiro atoms. The molecule has 67 heavy (non-hydrogen) atoms. The fraction of sp³-hybridized carbons (Fsp3) is 0.174. The Morgan fingerprint density at radius 1 is 0.478 bits per heavy atom. The Hall–Kier alpha value is -9.14. The first kappa shape index (κ1) is 47.3. The van der Waals surface area contributed by atoms with E-state index in [0.29, 0.717) is 0 Å². The summed E-state index contributed by atoms with van der Waals surface area (Å²) in [4.78, 5) is 25.4. The molecule has 6 aromatic carbocycles. The molecule has 15 N–H and O–H groups in total. The number of esters is 2. The Bertz CT molecular complexity index is 2740. The average Bonchev–Trinajstić information content (AvgIpc) is 3.28. The second kappa shape index (κ2) is 19.3. The van der Waals surface area contributed by atoms with Gasteiger partial charge < -0.3 is 95.5 Å². The molecule has 21 heteroatoms. The summed E-state index contributed by atoms with van der Waals surface area (Å²) in [5, 5.41) is 145. The highest BCUT2D eigenvalue weighted by Gasteiger charge is 2.33. The standard InChI is InChI=1S/C34H30O15.2C6H6O3/c1-13-22(35)2-14(3-23(13)36)33(44)49-17-7-21-29(46-11-17)10-26(39)18(30(21)42)8-20-25(38)9-24(37)19-6-16(12-47-32(19)20)48-34(45)15-4-27(40)31(43)28(41)5-15;2*7-4-2-1-3-5(8)6(4)9/h2-5,9-10,16-17,35-43H,6-8,11-12H2,1H3;2*1-3,7-9H/t16-,17-;;/m1../s1. The smallest absolute Gasteiger partial charge is 0.338 e. The van der Waals surface area contributed by atoms with Crippen LogP contribution in [0.25, 0.3) is 0 Å². The molecule has 2 aliphatic rings. The Balaban J connectivity index is 0.000000340. The Labute approximate surface area is 377 Å². The molecule has 0 fully saturated rings. The third kappa shape index (κ3) is 10.3. The summed E-state index contributed by atoms with van der Waals surface area (Å²) in [6, 6.07) is 14.4. The molecule has 2 heterocycles. The van der Waals surface area contributed by atoms with Crippen molar-refractivity contribution in [3.8, 4) is 97.7 Å². The molecule has 0 radical (unpaired) electrons. The van der Waals surface area contributed by atoms with Gasteiger partial charge in [-0.05, 0) is 55.5 Å². The molecule has 0 saturated heterocycles. The van der Waals surface area contributed by atoms with Gasteiger partial charge in [-0.3, -0.25) is 0 Å². The van der Waals surface area contributed by atoms with Crippen molar-refractivity contribution in [2.45, 2.75) is 38.4 Å². The highest BCUT2D eigenvalue weighted by molar-refractivity contribution is 5.91. The van der Waals surface area contributed by atoms with Gasteiger partial charge in [0.1, 0.15) is 71.4 Å². The first-order chi connectivity index (χ1) is 31.6. The Morgan fingerprint density at radius 3 is 1.37 bits per heavy atom. The SMILES string of the molecule is Cc1c(O)cc(C(=O)O[C@H]2COc3cc(O)c(Cc4c(O)cc(O)c5c4OC[C@H](OC(=O)c4cc(O)c(O)c(O)c4)C5)c(O)c3C2)cc1O.Oc1cccc(O)c1O.Oc1cccc(O)c1O. The number of aromatic hydroxyl groups is 15. The van der Waals surface area contributed by atoms with Crippen LogP contribution in [0.3, 0.4) is 0 Å². The van der Waals surface area contributed by atoms with Crippen molar-refractivity contribution < 1.29 is 105 Å². The minimum Gasteiger partial charge on any atom is -0.508 e. The molecule has 352 valence electrons. The number of hydrogen-bond acceptors (Lipinski definition) is 21. The average molecular weight is 931 g/mol. The summed E-state index contributed by atoms with van der Waals surface area (Å²) in [5.41, 5.74) is 0.192. The number of benzene rings is 6. The van der Waals surface area contributed by atoms with Crippen LogP contribution in [0.2, 0.25) is 0 Å². The van der Waals surface area contributed by atoms with E-state index in [1.807, 2.05) is 0 Å². The van der Waals surface area contributed by atoms with E-state index in [1.165, 1.54) is 49.4 Å². The van der Waals surface area contributed by atoms with Crippen molar-refractivity contribution >= 4 is 11.9 Å². The molecule has 0 amide bonds.